The van der Waals surface area contributed by atoms with Gasteiger partial charge in [0.25, 0.3) is 0 Å². The molecule has 3 atom stereocenters. The summed E-state index contributed by atoms with van der Waals surface area (Å²) >= 11 is 0. The van der Waals surface area contributed by atoms with E-state index in [9.17, 15) is 24.0 Å². The molecule has 0 aromatic heterocycles. The van der Waals surface area contributed by atoms with Crippen molar-refractivity contribution in [1.82, 2.24) is 10.2 Å². The second kappa shape index (κ2) is 13.1. The number of amides is 4. The van der Waals surface area contributed by atoms with Crippen molar-refractivity contribution in [2.24, 2.45) is 11.5 Å². The first-order valence-corrected chi connectivity index (χ1v) is 10.5. The van der Waals surface area contributed by atoms with Crippen molar-refractivity contribution >= 4 is 30.0 Å². The molecule has 4 amide bonds. The standard InChI is InChI=1S/C22H32N4O8/c1-22(2,3)34-21(32)26(12-17(27)28)19(30)15(23)10-7-11-16(18(24)29)25-20(31)33-13-14-8-5-4-6-9-14/h4-6,8-9,15-16H,7,10-13,23H2,1-3H3,(H2,24,29)(H,25,31)(H,27,28)/i13D. The van der Waals surface area contributed by atoms with Crippen molar-refractivity contribution in [3.8, 4) is 0 Å². The van der Waals surface area contributed by atoms with Crippen LogP contribution in [0.2, 0.25) is 0 Å². The summed E-state index contributed by atoms with van der Waals surface area (Å²) in [6.45, 7) is 2.41. The normalized spacial score (nSPS) is 14.1. The molecule has 0 aliphatic rings. The number of ether oxygens (including phenoxy) is 2. The summed E-state index contributed by atoms with van der Waals surface area (Å²) in [5.41, 5.74) is 10.6. The fourth-order valence-corrected chi connectivity index (χ4v) is 2.67. The summed E-state index contributed by atoms with van der Waals surface area (Å²) in [4.78, 5) is 60.1. The first-order chi connectivity index (χ1) is 16.2. The van der Waals surface area contributed by atoms with Crippen LogP contribution in [-0.2, 0) is 30.4 Å². The molecule has 0 spiro atoms. The number of rotatable bonds is 11. The summed E-state index contributed by atoms with van der Waals surface area (Å²) in [7, 11) is 0. The van der Waals surface area contributed by atoms with Crippen molar-refractivity contribution in [2.75, 3.05) is 6.54 Å². The molecule has 0 fully saturated rings. The SMILES string of the molecule is [2H]C(OC(=O)NC(CCCC(N)C(=O)N(CC(=O)O)C(=O)OC(C)(C)C)C(N)=O)c1ccccc1. The molecule has 0 radical (unpaired) electrons. The Morgan fingerprint density at radius 3 is 2.29 bits per heavy atom. The van der Waals surface area contributed by atoms with Crippen molar-refractivity contribution in [3.63, 3.8) is 0 Å². The molecular formula is C22H32N4O8. The number of primary amides is 1. The Balaban J connectivity index is 2.66. The average Bonchev–Trinajstić information content (AvgIpc) is 2.75. The lowest BCUT2D eigenvalue weighted by molar-refractivity contribution is -0.144. The van der Waals surface area contributed by atoms with Crippen LogP contribution < -0.4 is 16.8 Å². The molecule has 12 heteroatoms. The van der Waals surface area contributed by atoms with Crippen LogP contribution >= 0.6 is 0 Å². The van der Waals surface area contributed by atoms with Crippen LogP contribution in [0.1, 0.15) is 47.0 Å². The highest BCUT2D eigenvalue weighted by Crippen LogP contribution is 2.12. The van der Waals surface area contributed by atoms with Gasteiger partial charge in [-0.1, -0.05) is 30.3 Å². The van der Waals surface area contributed by atoms with Crippen molar-refractivity contribution < 1.29 is 39.9 Å². The van der Waals surface area contributed by atoms with E-state index in [0.717, 1.165) is 0 Å². The third-order valence-corrected chi connectivity index (χ3v) is 4.24. The van der Waals surface area contributed by atoms with Gasteiger partial charge in [-0.05, 0) is 45.6 Å². The van der Waals surface area contributed by atoms with Crippen LogP contribution in [0.5, 0.6) is 0 Å². The van der Waals surface area contributed by atoms with Crippen LogP contribution in [0, 0.1) is 0 Å². The summed E-state index contributed by atoms with van der Waals surface area (Å²) in [6, 6.07) is 5.83. The lowest BCUT2D eigenvalue weighted by Crippen LogP contribution is -2.50. The number of carbonyl (C=O) groups is 5. The van der Waals surface area contributed by atoms with E-state index in [-0.39, 0.29) is 19.3 Å². The summed E-state index contributed by atoms with van der Waals surface area (Å²) < 4.78 is 17.9. The van der Waals surface area contributed by atoms with Gasteiger partial charge in [-0.2, -0.15) is 0 Å². The van der Waals surface area contributed by atoms with Crippen LogP contribution in [0.25, 0.3) is 0 Å². The number of carboxylic acids is 1. The smallest absolute Gasteiger partial charge is 0.417 e. The van der Waals surface area contributed by atoms with E-state index < -0.39 is 60.8 Å². The van der Waals surface area contributed by atoms with E-state index in [1.54, 1.807) is 51.1 Å². The van der Waals surface area contributed by atoms with Gasteiger partial charge >= 0.3 is 18.2 Å². The van der Waals surface area contributed by atoms with E-state index in [1.165, 1.54) is 0 Å². The molecule has 0 saturated carbocycles. The van der Waals surface area contributed by atoms with Gasteiger partial charge in [0.05, 0.1) is 7.41 Å². The quantitative estimate of drug-likeness (QED) is 0.358. The fraction of sp³-hybridized carbons (Fsp3) is 0.500. The molecule has 0 heterocycles. The lowest BCUT2D eigenvalue weighted by atomic mass is 10.0. The Morgan fingerprint density at radius 1 is 1.15 bits per heavy atom. The number of nitrogens with zero attached hydrogens (tertiary/aromatic N) is 1. The van der Waals surface area contributed by atoms with Crippen LogP contribution in [0.4, 0.5) is 9.59 Å². The van der Waals surface area contributed by atoms with Crippen molar-refractivity contribution in [3.05, 3.63) is 35.9 Å². The topological polar surface area (TPSA) is 191 Å². The molecule has 34 heavy (non-hydrogen) atoms. The predicted molar refractivity (Wildman–Crippen MR) is 120 cm³/mol. The second-order valence-electron chi connectivity index (χ2n) is 8.37. The molecule has 1 aromatic rings. The van der Waals surface area contributed by atoms with Crippen LogP contribution in [0.3, 0.4) is 0 Å². The highest BCUT2D eigenvalue weighted by Gasteiger charge is 2.32. The highest BCUT2D eigenvalue weighted by atomic mass is 16.6. The molecule has 6 N–H and O–H groups in total. The number of carboxylic acid groups (broad SMARTS) is 1. The molecular weight excluding hydrogens is 448 g/mol. The maximum absolute atomic E-state index is 12.6. The fourth-order valence-electron chi connectivity index (χ4n) is 2.67. The molecule has 0 aliphatic heterocycles. The van der Waals surface area contributed by atoms with E-state index in [2.05, 4.69) is 5.32 Å². The molecule has 188 valence electrons. The average molecular weight is 482 g/mol. The molecule has 0 bridgehead atoms. The summed E-state index contributed by atoms with van der Waals surface area (Å²) in [5.74, 6) is -3.27. The molecule has 0 saturated heterocycles. The Labute approximate surface area is 198 Å². The Morgan fingerprint density at radius 2 is 1.76 bits per heavy atom. The van der Waals surface area contributed by atoms with E-state index in [4.69, 9.17) is 27.4 Å². The number of imide groups is 1. The van der Waals surface area contributed by atoms with Gasteiger partial charge in [-0.15, -0.1) is 0 Å². The number of carbonyl (C=O) groups excluding carboxylic acids is 4. The first kappa shape index (κ1) is 26.6. The van der Waals surface area contributed by atoms with Gasteiger partial charge in [0.1, 0.15) is 24.8 Å². The lowest BCUT2D eigenvalue weighted by Gasteiger charge is -2.27. The number of benzene rings is 1. The number of hydrogen-bond donors (Lipinski definition) is 4. The Bertz CT molecular complexity index is 906. The number of hydrogen-bond acceptors (Lipinski definition) is 8. The molecule has 12 nitrogen and oxygen atoms in total. The maximum Gasteiger partial charge on any atom is 0.417 e. The summed E-state index contributed by atoms with van der Waals surface area (Å²) in [5, 5.41) is 11.3. The van der Waals surface area contributed by atoms with Gasteiger partial charge < -0.3 is 31.4 Å². The van der Waals surface area contributed by atoms with Crippen molar-refractivity contribution in [1.29, 1.82) is 0 Å². The zero-order valence-corrected chi connectivity index (χ0v) is 19.4. The first-order valence-electron chi connectivity index (χ1n) is 11.0. The third kappa shape index (κ3) is 10.8. The Hall–Kier alpha value is -3.67. The minimum absolute atomic E-state index is 0.0230. The minimum atomic E-state index is -1.43. The van der Waals surface area contributed by atoms with Gasteiger partial charge in [0, 0.05) is 0 Å². The van der Waals surface area contributed by atoms with Crippen LogP contribution in [0.15, 0.2) is 30.3 Å². The summed E-state index contributed by atoms with van der Waals surface area (Å²) in [6.07, 6.45) is -2.15. The monoisotopic (exact) mass is 481 g/mol. The highest BCUT2D eigenvalue weighted by molar-refractivity contribution is 5.97. The molecule has 1 aromatic carbocycles. The number of alkyl carbamates (subject to hydrolysis) is 1. The molecule has 0 aliphatic carbocycles. The third-order valence-electron chi connectivity index (χ3n) is 4.24. The van der Waals surface area contributed by atoms with Crippen molar-refractivity contribution in [2.45, 2.75) is 64.3 Å². The zero-order valence-electron chi connectivity index (χ0n) is 20.4. The number of nitrogens with two attached hydrogens (primary N) is 2. The van der Waals surface area contributed by atoms with Gasteiger partial charge in [0.2, 0.25) is 11.8 Å². The van der Waals surface area contributed by atoms with Gasteiger partial charge in [0.15, 0.2) is 0 Å². The van der Waals surface area contributed by atoms with E-state index >= 15 is 0 Å². The molecule has 1 rings (SSSR count). The Kier molecular flexibility index (Phi) is 10.3. The maximum atomic E-state index is 12.6. The minimum Gasteiger partial charge on any atom is -0.480 e. The predicted octanol–water partition coefficient (Wildman–Crippen LogP) is 1.11. The van der Waals surface area contributed by atoms with E-state index in [1.807, 2.05) is 0 Å². The van der Waals surface area contributed by atoms with Crippen LogP contribution in [-0.4, -0.2) is 64.2 Å². The zero-order chi connectivity index (χ0) is 26.8. The second-order valence-corrected chi connectivity index (χ2v) is 8.37. The number of nitrogens with one attached hydrogen (secondary N) is 1. The van der Waals surface area contributed by atoms with Gasteiger partial charge in [-0.3, -0.25) is 14.4 Å². The largest absolute Gasteiger partial charge is 0.480 e. The molecule has 3 unspecified atom stereocenters. The van der Waals surface area contributed by atoms with E-state index in [0.29, 0.717) is 10.5 Å². The number of aliphatic carboxylic acids is 1. The van der Waals surface area contributed by atoms with Gasteiger partial charge in [-0.25, -0.2) is 14.5 Å².